The van der Waals surface area contributed by atoms with Crippen LogP contribution >= 0.6 is 11.6 Å². The number of aromatic nitrogens is 2. The van der Waals surface area contributed by atoms with Crippen LogP contribution in [0.4, 0.5) is 0 Å². The van der Waals surface area contributed by atoms with Gasteiger partial charge in [0.15, 0.2) is 0 Å². The molecule has 0 aromatic carbocycles. The van der Waals surface area contributed by atoms with Crippen molar-refractivity contribution < 1.29 is 0 Å². The summed E-state index contributed by atoms with van der Waals surface area (Å²) in [5.41, 5.74) is 1.01. The van der Waals surface area contributed by atoms with Crippen molar-refractivity contribution in [3.8, 4) is 0 Å². The minimum Gasteiger partial charge on any atom is -0.345 e. The number of hydrogen-bond acceptors (Lipinski definition) is 1. The molecule has 2 nitrogen and oxygen atoms in total. The number of alkyl halides is 1. The molecular weight excluding hydrogens is 160 g/mol. The van der Waals surface area contributed by atoms with Crippen LogP contribution in [0.5, 0.6) is 0 Å². The zero-order valence-corrected chi connectivity index (χ0v) is 7.49. The molecule has 0 aliphatic carbocycles. The molecule has 0 unspecified atom stereocenters. The van der Waals surface area contributed by atoms with E-state index in [1.165, 1.54) is 12.8 Å². The fraction of sp³-hybridized carbons (Fsp3) is 0.625. The molecule has 62 valence electrons. The first-order valence-electron chi connectivity index (χ1n) is 3.95. The van der Waals surface area contributed by atoms with Crippen LogP contribution in [-0.2, 0) is 12.3 Å². The summed E-state index contributed by atoms with van der Waals surface area (Å²) < 4.78 is 0. The van der Waals surface area contributed by atoms with Crippen molar-refractivity contribution in [1.82, 2.24) is 9.97 Å². The van der Waals surface area contributed by atoms with Crippen molar-refractivity contribution in [1.29, 1.82) is 0 Å². The van der Waals surface area contributed by atoms with Crippen LogP contribution in [0.15, 0.2) is 6.20 Å². The highest BCUT2D eigenvalue weighted by Crippen LogP contribution is 2.03. The summed E-state index contributed by atoms with van der Waals surface area (Å²) in [5, 5.41) is 0. The second kappa shape index (κ2) is 4.39. The van der Waals surface area contributed by atoms with Crippen molar-refractivity contribution >= 4 is 11.6 Å². The number of rotatable bonds is 4. The maximum absolute atomic E-state index is 5.60. The summed E-state index contributed by atoms with van der Waals surface area (Å²) in [6, 6.07) is 0. The lowest BCUT2D eigenvalue weighted by molar-refractivity contribution is 0.761. The van der Waals surface area contributed by atoms with E-state index >= 15 is 0 Å². The largest absolute Gasteiger partial charge is 0.345 e. The molecule has 1 aromatic rings. The molecule has 1 aromatic heterocycles. The fourth-order valence-corrected chi connectivity index (χ4v) is 1.08. The van der Waals surface area contributed by atoms with Gasteiger partial charge < -0.3 is 4.98 Å². The van der Waals surface area contributed by atoms with Gasteiger partial charge >= 0.3 is 0 Å². The van der Waals surface area contributed by atoms with Gasteiger partial charge in [0.2, 0.25) is 0 Å². The molecule has 0 fully saturated rings. The Balaban J connectivity index is 2.44. The zero-order chi connectivity index (χ0) is 8.10. The molecule has 0 aliphatic heterocycles. The SMILES string of the molecule is CCCCc1ncc(CCl)[nH]1. The Labute approximate surface area is 72.0 Å². The van der Waals surface area contributed by atoms with Gasteiger partial charge in [0.25, 0.3) is 0 Å². The van der Waals surface area contributed by atoms with Crippen LogP contribution in [0.1, 0.15) is 31.3 Å². The van der Waals surface area contributed by atoms with Gasteiger partial charge in [-0.2, -0.15) is 0 Å². The molecule has 0 saturated carbocycles. The molecule has 0 amide bonds. The third-order valence-electron chi connectivity index (χ3n) is 1.59. The molecule has 1 heterocycles. The van der Waals surface area contributed by atoms with E-state index in [4.69, 9.17) is 11.6 Å². The van der Waals surface area contributed by atoms with Crippen LogP contribution in [0.25, 0.3) is 0 Å². The van der Waals surface area contributed by atoms with Crippen LogP contribution in [-0.4, -0.2) is 9.97 Å². The van der Waals surface area contributed by atoms with Crippen molar-refractivity contribution in [2.75, 3.05) is 0 Å². The Kier molecular flexibility index (Phi) is 3.43. The number of aryl methyl sites for hydroxylation is 1. The van der Waals surface area contributed by atoms with Gasteiger partial charge in [-0.25, -0.2) is 4.98 Å². The Hall–Kier alpha value is -0.500. The lowest BCUT2D eigenvalue weighted by atomic mass is 10.2. The number of unbranched alkanes of at least 4 members (excludes halogenated alkanes) is 1. The standard InChI is InChI=1S/C8H13ClN2/c1-2-3-4-8-10-6-7(5-9)11-8/h6H,2-5H2,1H3,(H,10,11). The molecular formula is C8H13ClN2. The first kappa shape index (κ1) is 8.60. The van der Waals surface area contributed by atoms with Crippen LogP contribution in [0, 0.1) is 0 Å². The Bertz CT molecular complexity index is 208. The third kappa shape index (κ3) is 2.54. The summed E-state index contributed by atoms with van der Waals surface area (Å²) in [6.07, 6.45) is 5.23. The van der Waals surface area contributed by atoms with Gasteiger partial charge in [-0.05, 0) is 6.42 Å². The normalized spacial score (nSPS) is 10.4. The first-order valence-corrected chi connectivity index (χ1v) is 4.49. The fourth-order valence-electron chi connectivity index (χ4n) is 0.945. The van der Waals surface area contributed by atoms with E-state index < -0.39 is 0 Å². The summed E-state index contributed by atoms with van der Waals surface area (Å²) in [4.78, 5) is 7.34. The van der Waals surface area contributed by atoms with Gasteiger partial charge in [-0.3, -0.25) is 0 Å². The molecule has 0 spiro atoms. The predicted octanol–water partition coefficient (Wildman–Crippen LogP) is 2.49. The zero-order valence-electron chi connectivity index (χ0n) is 6.73. The highest BCUT2D eigenvalue weighted by molar-refractivity contribution is 6.16. The van der Waals surface area contributed by atoms with E-state index in [0.717, 1.165) is 17.9 Å². The minimum atomic E-state index is 0.527. The number of H-pyrrole nitrogens is 1. The molecule has 11 heavy (non-hydrogen) atoms. The molecule has 0 bridgehead atoms. The van der Waals surface area contributed by atoms with E-state index in [1.807, 2.05) is 0 Å². The Morgan fingerprint density at radius 2 is 2.45 bits per heavy atom. The second-order valence-electron chi connectivity index (χ2n) is 2.59. The molecule has 3 heteroatoms. The first-order chi connectivity index (χ1) is 5.36. The Morgan fingerprint density at radius 1 is 1.64 bits per heavy atom. The maximum Gasteiger partial charge on any atom is 0.106 e. The predicted molar refractivity (Wildman–Crippen MR) is 46.8 cm³/mol. The summed E-state index contributed by atoms with van der Waals surface area (Å²) >= 11 is 5.60. The molecule has 0 saturated heterocycles. The average molecular weight is 173 g/mol. The van der Waals surface area contributed by atoms with Crippen LogP contribution in [0.2, 0.25) is 0 Å². The number of hydrogen-bond donors (Lipinski definition) is 1. The van der Waals surface area contributed by atoms with Crippen molar-refractivity contribution in [2.45, 2.75) is 32.1 Å². The van der Waals surface area contributed by atoms with Crippen LogP contribution < -0.4 is 0 Å². The molecule has 1 N–H and O–H groups in total. The highest BCUT2D eigenvalue weighted by atomic mass is 35.5. The van der Waals surface area contributed by atoms with Gasteiger partial charge in [0.05, 0.1) is 5.88 Å². The smallest absolute Gasteiger partial charge is 0.106 e. The van der Waals surface area contributed by atoms with E-state index in [1.54, 1.807) is 6.20 Å². The Morgan fingerprint density at radius 3 is 3.00 bits per heavy atom. The van der Waals surface area contributed by atoms with E-state index in [2.05, 4.69) is 16.9 Å². The third-order valence-corrected chi connectivity index (χ3v) is 1.88. The van der Waals surface area contributed by atoms with Gasteiger partial charge in [-0.15, -0.1) is 11.6 Å². The van der Waals surface area contributed by atoms with Crippen molar-refractivity contribution in [3.63, 3.8) is 0 Å². The monoisotopic (exact) mass is 172 g/mol. The van der Waals surface area contributed by atoms with E-state index in [9.17, 15) is 0 Å². The molecule has 0 radical (unpaired) electrons. The van der Waals surface area contributed by atoms with Crippen LogP contribution in [0.3, 0.4) is 0 Å². The molecule has 0 aliphatic rings. The quantitative estimate of drug-likeness (QED) is 0.695. The second-order valence-corrected chi connectivity index (χ2v) is 2.86. The number of nitrogens with one attached hydrogen (secondary N) is 1. The topological polar surface area (TPSA) is 28.7 Å². The minimum absolute atomic E-state index is 0.527. The number of halogens is 1. The number of aromatic amines is 1. The van der Waals surface area contributed by atoms with Gasteiger partial charge in [0, 0.05) is 18.3 Å². The molecule has 1 rings (SSSR count). The number of nitrogens with zero attached hydrogens (tertiary/aromatic N) is 1. The maximum atomic E-state index is 5.60. The van der Waals surface area contributed by atoms with Gasteiger partial charge in [-0.1, -0.05) is 13.3 Å². The number of imidazole rings is 1. The van der Waals surface area contributed by atoms with Crippen molar-refractivity contribution in [2.24, 2.45) is 0 Å². The summed E-state index contributed by atoms with van der Waals surface area (Å²) in [7, 11) is 0. The highest BCUT2D eigenvalue weighted by Gasteiger charge is 1.97. The summed E-state index contributed by atoms with van der Waals surface area (Å²) in [5.74, 6) is 1.58. The summed E-state index contributed by atoms with van der Waals surface area (Å²) in [6.45, 7) is 2.17. The molecule has 0 atom stereocenters. The lowest BCUT2D eigenvalue weighted by Crippen LogP contribution is -1.87. The van der Waals surface area contributed by atoms with E-state index in [-0.39, 0.29) is 0 Å². The average Bonchev–Trinajstić information content (AvgIpc) is 2.48. The van der Waals surface area contributed by atoms with E-state index in [0.29, 0.717) is 5.88 Å². The van der Waals surface area contributed by atoms with Crippen molar-refractivity contribution in [3.05, 3.63) is 17.7 Å². The lowest BCUT2D eigenvalue weighted by Gasteiger charge is -1.91. The van der Waals surface area contributed by atoms with Gasteiger partial charge in [0.1, 0.15) is 5.82 Å².